The summed E-state index contributed by atoms with van der Waals surface area (Å²) in [5, 5.41) is 7.15. The van der Waals surface area contributed by atoms with Crippen molar-refractivity contribution in [1.29, 1.82) is 0 Å². The van der Waals surface area contributed by atoms with E-state index in [-0.39, 0.29) is 5.41 Å². The molecule has 0 spiro atoms. The van der Waals surface area contributed by atoms with Crippen molar-refractivity contribution in [2.45, 2.75) is 44.9 Å². The molecule has 0 saturated carbocycles. The second-order valence-corrected chi connectivity index (χ2v) is 6.90. The molecule has 0 bridgehead atoms. The molecule has 2 fully saturated rings. The molecule has 0 atom stereocenters. The third kappa shape index (κ3) is 3.20. The fourth-order valence-electron chi connectivity index (χ4n) is 4.04. The summed E-state index contributed by atoms with van der Waals surface area (Å²) < 4.78 is 5.47. The molecule has 2 aliphatic rings. The molecule has 126 valence electrons. The van der Waals surface area contributed by atoms with Crippen molar-refractivity contribution in [3.63, 3.8) is 0 Å². The van der Waals surface area contributed by atoms with E-state index in [1.54, 1.807) is 0 Å². The number of ether oxygens (including phenoxy) is 1. The molecule has 5 heteroatoms. The fraction of sp³-hybridized carbons (Fsp3) is 0.667. The lowest BCUT2D eigenvalue weighted by molar-refractivity contribution is -0.149. The van der Waals surface area contributed by atoms with Crippen molar-refractivity contribution < 1.29 is 9.53 Å². The summed E-state index contributed by atoms with van der Waals surface area (Å²) in [5.41, 5.74) is 2.18. The molecule has 3 rings (SSSR count). The van der Waals surface area contributed by atoms with E-state index in [2.05, 4.69) is 28.6 Å². The normalized spacial score (nSPS) is 22.0. The summed E-state index contributed by atoms with van der Waals surface area (Å²) in [6.45, 7) is 8.98. The van der Waals surface area contributed by atoms with Gasteiger partial charge in [-0.25, -0.2) is 0 Å². The molecule has 0 aromatic carbocycles. The molecule has 1 N–H and O–H groups in total. The largest absolute Gasteiger partial charge is 0.381 e. The zero-order valence-electron chi connectivity index (χ0n) is 14.0. The van der Waals surface area contributed by atoms with Crippen LogP contribution in [0.4, 0.5) is 0 Å². The topological polar surface area (TPSA) is 58.2 Å². The highest BCUT2D eigenvalue weighted by Crippen LogP contribution is 2.38. The van der Waals surface area contributed by atoms with Crippen molar-refractivity contribution in [2.75, 3.05) is 26.3 Å². The van der Waals surface area contributed by atoms with Crippen LogP contribution in [-0.4, -0.2) is 47.3 Å². The third-order valence-electron chi connectivity index (χ3n) is 5.53. The Bertz CT molecular complexity index is 552. The fourth-order valence-corrected chi connectivity index (χ4v) is 4.04. The van der Waals surface area contributed by atoms with Crippen LogP contribution in [0.2, 0.25) is 0 Å². The predicted octanol–water partition coefficient (Wildman–Crippen LogP) is 2.80. The maximum atomic E-state index is 13.1. The number of carbonyl (C=O) groups excluding carboxylic acids is 1. The molecular weight excluding hydrogens is 290 g/mol. The number of allylic oxidation sites excluding steroid dienone is 1. The van der Waals surface area contributed by atoms with E-state index in [0.29, 0.717) is 25.0 Å². The minimum atomic E-state index is -0.279. The Balaban J connectivity index is 1.65. The Morgan fingerprint density at radius 1 is 1.48 bits per heavy atom. The maximum absolute atomic E-state index is 13.1. The summed E-state index contributed by atoms with van der Waals surface area (Å²) in [7, 11) is 0. The van der Waals surface area contributed by atoms with Gasteiger partial charge in [-0.1, -0.05) is 6.08 Å². The van der Waals surface area contributed by atoms with Crippen LogP contribution >= 0.6 is 0 Å². The van der Waals surface area contributed by atoms with Crippen LogP contribution in [0, 0.1) is 12.3 Å². The van der Waals surface area contributed by atoms with Crippen molar-refractivity contribution in [1.82, 2.24) is 15.1 Å². The van der Waals surface area contributed by atoms with Gasteiger partial charge in [-0.3, -0.25) is 9.89 Å². The predicted molar refractivity (Wildman–Crippen MR) is 89.2 cm³/mol. The molecule has 1 aromatic heterocycles. The first-order chi connectivity index (χ1) is 11.2. The van der Waals surface area contributed by atoms with E-state index in [1.165, 1.54) is 5.56 Å². The third-order valence-corrected chi connectivity index (χ3v) is 5.53. The molecule has 5 nitrogen and oxygen atoms in total. The van der Waals surface area contributed by atoms with Gasteiger partial charge >= 0.3 is 0 Å². The number of amides is 1. The summed E-state index contributed by atoms with van der Waals surface area (Å²) >= 11 is 0. The van der Waals surface area contributed by atoms with E-state index in [1.807, 2.05) is 12.3 Å². The summed E-state index contributed by atoms with van der Waals surface area (Å²) in [4.78, 5) is 15.2. The summed E-state index contributed by atoms with van der Waals surface area (Å²) in [6, 6.07) is 0. The first-order valence-electron chi connectivity index (χ1n) is 8.64. The molecule has 3 heterocycles. The standard InChI is InChI=1S/C18H27N3O2/c1-3-6-18(7-11-23-12-8-18)17(22)21-9-4-15(5-10-21)16-13-19-20-14(16)2/h3,13,15H,1,4-12H2,2H3,(H,19,20). The lowest BCUT2D eigenvalue weighted by Gasteiger charge is -2.41. The molecule has 2 aliphatic heterocycles. The molecule has 0 radical (unpaired) electrons. The number of aromatic amines is 1. The SMILES string of the molecule is C=CCC1(C(=O)N2CCC(c3cn[nH]c3C)CC2)CCOCC1. The quantitative estimate of drug-likeness (QED) is 0.869. The van der Waals surface area contributed by atoms with Gasteiger partial charge in [0.05, 0.1) is 11.6 Å². The Labute approximate surface area is 138 Å². The monoisotopic (exact) mass is 317 g/mol. The van der Waals surface area contributed by atoms with Gasteiger partial charge in [0, 0.05) is 32.0 Å². The average Bonchev–Trinajstić information content (AvgIpc) is 3.01. The molecule has 2 saturated heterocycles. The number of hydrogen-bond acceptors (Lipinski definition) is 3. The number of carbonyl (C=O) groups is 1. The lowest BCUT2D eigenvalue weighted by Crippen LogP contribution is -2.49. The number of nitrogens with zero attached hydrogens (tertiary/aromatic N) is 2. The molecule has 0 unspecified atom stereocenters. The second-order valence-electron chi connectivity index (χ2n) is 6.90. The van der Waals surface area contributed by atoms with Gasteiger partial charge in [0.25, 0.3) is 0 Å². The van der Waals surface area contributed by atoms with E-state index < -0.39 is 0 Å². The van der Waals surface area contributed by atoms with Gasteiger partial charge < -0.3 is 9.64 Å². The number of piperidine rings is 1. The second kappa shape index (κ2) is 6.87. The van der Waals surface area contributed by atoms with E-state index in [9.17, 15) is 4.79 Å². The van der Waals surface area contributed by atoms with Gasteiger partial charge in [0.1, 0.15) is 0 Å². The highest BCUT2D eigenvalue weighted by atomic mass is 16.5. The van der Waals surface area contributed by atoms with Crippen molar-refractivity contribution >= 4 is 5.91 Å². The minimum Gasteiger partial charge on any atom is -0.381 e. The number of aromatic nitrogens is 2. The van der Waals surface area contributed by atoms with Crippen molar-refractivity contribution in [2.24, 2.45) is 5.41 Å². The molecule has 0 aliphatic carbocycles. The zero-order valence-corrected chi connectivity index (χ0v) is 14.0. The Morgan fingerprint density at radius 3 is 2.74 bits per heavy atom. The smallest absolute Gasteiger partial charge is 0.229 e. The Kier molecular flexibility index (Phi) is 4.85. The van der Waals surface area contributed by atoms with Crippen LogP contribution in [0.1, 0.15) is 49.3 Å². The Morgan fingerprint density at radius 2 is 2.17 bits per heavy atom. The van der Waals surface area contributed by atoms with Crippen molar-refractivity contribution in [3.05, 3.63) is 30.1 Å². The number of likely N-dealkylation sites (tertiary alicyclic amines) is 1. The van der Waals surface area contributed by atoms with E-state index >= 15 is 0 Å². The zero-order chi connectivity index (χ0) is 16.3. The number of rotatable bonds is 4. The van der Waals surface area contributed by atoms with Crippen molar-refractivity contribution in [3.8, 4) is 0 Å². The van der Waals surface area contributed by atoms with Crippen LogP contribution in [0.15, 0.2) is 18.9 Å². The van der Waals surface area contributed by atoms with Gasteiger partial charge in [0.2, 0.25) is 5.91 Å². The highest BCUT2D eigenvalue weighted by molar-refractivity contribution is 5.83. The van der Waals surface area contributed by atoms with Crippen LogP contribution in [0.5, 0.6) is 0 Å². The van der Waals surface area contributed by atoms with Crippen LogP contribution in [0.3, 0.4) is 0 Å². The Hall–Kier alpha value is -1.62. The summed E-state index contributed by atoms with van der Waals surface area (Å²) in [6.07, 6.45) is 8.27. The van der Waals surface area contributed by atoms with Gasteiger partial charge in [-0.2, -0.15) is 5.10 Å². The lowest BCUT2D eigenvalue weighted by atomic mass is 9.75. The van der Waals surface area contributed by atoms with Crippen LogP contribution in [0.25, 0.3) is 0 Å². The maximum Gasteiger partial charge on any atom is 0.229 e. The molecule has 1 amide bonds. The minimum absolute atomic E-state index is 0.279. The van der Waals surface area contributed by atoms with E-state index in [4.69, 9.17) is 4.74 Å². The number of aryl methyl sites for hydroxylation is 1. The molecular formula is C18H27N3O2. The van der Waals surface area contributed by atoms with Crippen LogP contribution in [-0.2, 0) is 9.53 Å². The number of H-pyrrole nitrogens is 1. The van der Waals surface area contributed by atoms with Gasteiger partial charge in [0.15, 0.2) is 0 Å². The van der Waals surface area contributed by atoms with E-state index in [0.717, 1.165) is 50.9 Å². The van der Waals surface area contributed by atoms with Gasteiger partial charge in [-0.05, 0) is 50.5 Å². The van der Waals surface area contributed by atoms with Crippen LogP contribution < -0.4 is 0 Å². The molecule has 23 heavy (non-hydrogen) atoms. The number of nitrogens with one attached hydrogen (secondary N) is 1. The van der Waals surface area contributed by atoms with Gasteiger partial charge in [-0.15, -0.1) is 6.58 Å². The number of hydrogen-bond donors (Lipinski definition) is 1. The first-order valence-corrected chi connectivity index (χ1v) is 8.64. The highest BCUT2D eigenvalue weighted by Gasteiger charge is 2.42. The first kappa shape index (κ1) is 16.2. The molecule has 1 aromatic rings. The summed E-state index contributed by atoms with van der Waals surface area (Å²) in [5.74, 6) is 0.825. The average molecular weight is 317 g/mol.